The maximum atomic E-state index is 11.7. The molecule has 3 aromatic rings. The highest BCUT2D eigenvalue weighted by Crippen LogP contribution is 2.38. The SMILES string of the molecule is C=Cc1c(C)c2cc3[nH]c(cc4nc(cc5nc(cc1[nH]2)C(C)=C5CCC(=O)Cl)C(CCC(=O)Cl)=C4C)c(C)c3C=C. The number of carbonyl (C=O) groups excluding carboxylic acids is 2. The van der Waals surface area contributed by atoms with E-state index in [1.54, 1.807) is 0 Å². The van der Waals surface area contributed by atoms with E-state index in [1.807, 2.05) is 44.2 Å². The molecule has 214 valence electrons. The first kappa shape index (κ1) is 29.5. The van der Waals surface area contributed by atoms with Crippen molar-refractivity contribution < 1.29 is 9.59 Å². The molecule has 0 fully saturated rings. The summed E-state index contributed by atoms with van der Waals surface area (Å²) in [7, 11) is 0. The maximum absolute atomic E-state index is 11.7. The van der Waals surface area contributed by atoms with Gasteiger partial charge < -0.3 is 9.97 Å². The van der Waals surface area contributed by atoms with E-state index >= 15 is 0 Å². The summed E-state index contributed by atoms with van der Waals surface area (Å²) >= 11 is 11.5. The first-order valence-electron chi connectivity index (χ1n) is 13.8. The second-order valence-corrected chi connectivity index (χ2v) is 11.5. The van der Waals surface area contributed by atoms with E-state index in [-0.39, 0.29) is 12.8 Å². The molecule has 2 aliphatic heterocycles. The van der Waals surface area contributed by atoms with Gasteiger partial charge in [-0.2, -0.15) is 0 Å². The lowest BCUT2D eigenvalue weighted by molar-refractivity contribution is -0.112. The number of aromatic nitrogens is 4. The smallest absolute Gasteiger partial charge is 0.221 e. The van der Waals surface area contributed by atoms with Crippen molar-refractivity contribution in [3.05, 3.63) is 82.5 Å². The highest BCUT2D eigenvalue weighted by Gasteiger charge is 2.22. The first-order valence-corrected chi connectivity index (χ1v) is 14.6. The zero-order valence-corrected chi connectivity index (χ0v) is 25.7. The fourth-order valence-corrected chi connectivity index (χ4v) is 5.94. The lowest BCUT2D eigenvalue weighted by Gasteiger charge is -2.05. The highest BCUT2D eigenvalue weighted by molar-refractivity contribution is 6.63. The molecule has 0 saturated heterocycles. The van der Waals surface area contributed by atoms with Crippen LogP contribution in [0.25, 0.3) is 56.5 Å². The van der Waals surface area contributed by atoms with Gasteiger partial charge >= 0.3 is 0 Å². The number of nitrogens with zero attached hydrogens (tertiary/aromatic N) is 2. The molecule has 0 unspecified atom stereocenters. The molecule has 0 radical (unpaired) electrons. The zero-order valence-electron chi connectivity index (χ0n) is 24.2. The van der Waals surface area contributed by atoms with E-state index in [9.17, 15) is 9.59 Å². The van der Waals surface area contributed by atoms with Gasteiger partial charge in [0.2, 0.25) is 10.5 Å². The number of carbonyl (C=O) groups is 2. The van der Waals surface area contributed by atoms with Gasteiger partial charge in [-0.05, 0) is 121 Å². The second kappa shape index (κ2) is 11.7. The fraction of sp³-hybridized carbons (Fsp3) is 0.235. The van der Waals surface area contributed by atoms with Crippen LogP contribution in [0, 0.1) is 13.8 Å². The minimum atomic E-state index is -0.403. The molecule has 8 bridgehead atoms. The molecule has 0 aromatic carbocycles. The molecule has 0 saturated carbocycles. The third-order valence-corrected chi connectivity index (χ3v) is 8.56. The van der Waals surface area contributed by atoms with Gasteiger partial charge in [-0.1, -0.05) is 25.3 Å². The summed E-state index contributed by atoms with van der Waals surface area (Å²) < 4.78 is 0. The summed E-state index contributed by atoms with van der Waals surface area (Å²) in [5.74, 6) is 0. The van der Waals surface area contributed by atoms with Crippen LogP contribution in [0.2, 0.25) is 0 Å². The van der Waals surface area contributed by atoms with Crippen molar-refractivity contribution in [2.24, 2.45) is 0 Å². The van der Waals surface area contributed by atoms with Crippen LogP contribution in [0.3, 0.4) is 0 Å². The third kappa shape index (κ3) is 5.44. The molecule has 0 atom stereocenters. The van der Waals surface area contributed by atoms with Gasteiger partial charge in [0.25, 0.3) is 0 Å². The molecule has 42 heavy (non-hydrogen) atoms. The van der Waals surface area contributed by atoms with Crippen molar-refractivity contribution in [3.8, 4) is 0 Å². The van der Waals surface area contributed by atoms with E-state index in [0.29, 0.717) is 18.5 Å². The molecule has 0 aliphatic carbocycles. The van der Waals surface area contributed by atoms with Crippen LogP contribution in [0.15, 0.2) is 37.4 Å². The number of hydrogen-bond acceptors (Lipinski definition) is 4. The third-order valence-electron chi connectivity index (χ3n) is 8.18. The summed E-state index contributed by atoms with van der Waals surface area (Å²) in [5.41, 5.74) is 14.6. The Morgan fingerprint density at radius 3 is 1.50 bits per heavy atom. The average molecular weight is 600 g/mol. The van der Waals surface area contributed by atoms with Gasteiger partial charge in [-0.15, -0.1) is 0 Å². The molecule has 0 spiro atoms. The predicted molar refractivity (Wildman–Crippen MR) is 176 cm³/mol. The Balaban J connectivity index is 1.93. The normalized spacial score (nSPS) is 13.1. The van der Waals surface area contributed by atoms with Crippen LogP contribution in [0.5, 0.6) is 0 Å². The summed E-state index contributed by atoms with van der Waals surface area (Å²) in [5, 5.41) is -0.806. The zero-order chi connectivity index (χ0) is 30.3. The van der Waals surface area contributed by atoms with E-state index in [1.165, 1.54) is 0 Å². The number of aromatic amines is 2. The minimum Gasteiger partial charge on any atom is -0.355 e. The van der Waals surface area contributed by atoms with Gasteiger partial charge in [-0.25, -0.2) is 9.97 Å². The van der Waals surface area contributed by atoms with Gasteiger partial charge in [0.15, 0.2) is 0 Å². The molecular weight excluding hydrogens is 567 g/mol. The van der Waals surface area contributed by atoms with Crippen molar-refractivity contribution in [1.29, 1.82) is 0 Å². The Morgan fingerprint density at radius 1 is 0.667 bits per heavy atom. The van der Waals surface area contributed by atoms with Gasteiger partial charge in [0, 0.05) is 46.0 Å². The van der Waals surface area contributed by atoms with Crippen LogP contribution < -0.4 is 0 Å². The summed E-state index contributed by atoms with van der Waals surface area (Å²) in [4.78, 5) is 40.6. The quantitative estimate of drug-likeness (QED) is 0.253. The van der Waals surface area contributed by atoms with Crippen molar-refractivity contribution in [3.63, 3.8) is 0 Å². The van der Waals surface area contributed by atoms with E-state index in [4.69, 9.17) is 33.2 Å². The average Bonchev–Trinajstić information content (AvgIpc) is 3.59. The summed E-state index contributed by atoms with van der Waals surface area (Å²) in [6.07, 6.45) is 4.97. The monoisotopic (exact) mass is 598 g/mol. The van der Waals surface area contributed by atoms with Crippen LogP contribution in [0.1, 0.15) is 84.6 Å². The molecule has 2 aliphatic rings. The predicted octanol–water partition coefficient (Wildman–Crippen LogP) is 9.17. The standard InChI is InChI=1S/C34H32Cl2N4O2/c1-7-21-17(3)25-13-26-19(5)23(9-11-33(35)41)31(39-26)16-32-24(10-12-34(36)42)20(6)28(40-32)15-30-22(8-2)18(4)27(38-30)14-29(21)37-25/h7-8,13-16,37-38H,1-2,9-12H2,3-6H3. The first-order chi connectivity index (χ1) is 20.0. The van der Waals surface area contributed by atoms with E-state index in [0.717, 1.165) is 83.7 Å². The summed E-state index contributed by atoms with van der Waals surface area (Å²) in [6.45, 7) is 16.3. The largest absolute Gasteiger partial charge is 0.355 e. The van der Waals surface area contributed by atoms with Crippen molar-refractivity contribution in [2.75, 3.05) is 0 Å². The molecular formula is C34H32Cl2N4O2. The number of H-pyrrole nitrogens is 2. The Labute approximate surface area is 254 Å². The Kier molecular flexibility index (Phi) is 8.22. The molecule has 2 N–H and O–H groups in total. The fourth-order valence-electron chi connectivity index (χ4n) is 5.75. The summed E-state index contributed by atoms with van der Waals surface area (Å²) in [6, 6.07) is 8.07. The number of halogens is 2. The van der Waals surface area contributed by atoms with Crippen LogP contribution in [0.4, 0.5) is 0 Å². The Morgan fingerprint density at radius 2 is 1.07 bits per heavy atom. The lowest BCUT2D eigenvalue weighted by atomic mass is 9.98. The van der Waals surface area contributed by atoms with E-state index in [2.05, 4.69) is 43.0 Å². The number of nitrogens with one attached hydrogen (secondary N) is 2. The second-order valence-electron chi connectivity index (χ2n) is 10.6. The topological polar surface area (TPSA) is 91.5 Å². The Hall–Kier alpha value is -4.00. The Bertz CT molecular complexity index is 1920. The number of fused-ring (bicyclic) bond motifs is 8. The number of hydrogen-bond donors (Lipinski definition) is 2. The van der Waals surface area contributed by atoms with Crippen molar-refractivity contribution in [1.82, 2.24) is 19.9 Å². The van der Waals surface area contributed by atoms with Gasteiger partial charge in [0.05, 0.1) is 22.8 Å². The van der Waals surface area contributed by atoms with Crippen molar-refractivity contribution >= 4 is 90.2 Å². The highest BCUT2D eigenvalue weighted by atomic mass is 35.5. The molecule has 0 amide bonds. The molecule has 6 nitrogen and oxygen atoms in total. The lowest BCUT2D eigenvalue weighted by Crippen LogP contribution is -1.92. The van der Waals surface area contributed by atoms with Crippen LogP contribution in [-0.2, 0) is 9.59 Å². The number of aryl methyl sites for hydroxylation is 2. The number of allylic oxidation sites excluding steroid dienone is 4. The molecule has 3 aromatic heterocycles. The minimum absolute atomic E-state index is 0.187. The molecule has 5 heterocycles. The maximum Gasteiger partial charge on any atom is 0.221 e. The van der Waals surface area contributed by atoms with Crippen LogP contribution >= 0.6 is 23.2 Å². The molecule has 5 rings (SSSR count). The van der Waals surface area contributed by atoms with Crippen LogP contribution in [-0.4, -0.2) is 30.4 Å². The van der Waals surface area contributed by atoms with Crippen molar-refractivity contribution in [2.45, 2.75) is 53.4 Å². The molecule has 8 heteroatoms. The van der Waals surface area contributed by atoms with Gasteiger partial charge in [0.1, 0.15) is 0 Å². The van der Waals surface area contributed by atoms with Gasteiger partial charge in [-0.3, -0.25) is 9.59 Å². The number of rotatable bonds is 8. The van der Waals surface area contributed by atoms with E-state index < -0.39 is 10.5 Å².